The van der Waals surface area contributed by atoms with Gasteiger partial charge in [0.1, 0.15) is 0 Å². The number of carbonyl (C=O) groups is 1. The molecule has 23 heavy (non-hydrogen) atoms. The fourth-order valence-corrected chi connectivity index (χ4v) is 2.98. The van der Waals surface area contributed by atoms with Gasteiger partial charge in [0, 0.05) is 13.5 Å². The van der Waals surface area contributed by atoms with Crippen molar-refractivity contribution in [1.29, 1.82) is 0 Å². The second kappa shape index (κ2) is 17.8. The Labute approximate surface area is 144 Å². The van der Waals surface area contributed by atoms with Crippen LogP contribution in [0.4, 0.5) is 0 Å². The first-order valence-electron chi connectivity index (χ1n) is 9.84. The molecule has 0 unspecified atom stereocenters. The van der Waals surface area contributed by atoms with E-state index in [1.54, 1.807) is 0 Å². The lowest BCUT2D eigenvalue weighted by atomic mass is 10.0. The van der Waals surface area contributed by atoms with Gasteiger partial charge in [0.2, 0.25) is 0 Å². The normalized spacial score (nSPS) is 12.3. The number of esters is 1. The fraction of sp³-hybridized carbons (Fsp3) is 0.950. The first kappa shape index (κ1) is 22.4. The summed E-state index contributed by atoms with van der Waals surface area (Å²) in [5.74, 6) is -0.0765. The molecule has 0 rings (SSSR count). The number of hydrogen-bond donors (Lipinski definition) is 0. The molecule has 0 amide bonds. The van der Waals surface area contributed by atoms with E-state index in [1.807, 2.05) is 7.11 Å². The van der Waals surface area contributed by atoms with Crippen molar-refractivity contribution in [3.8, 4) is 0 Å². The van der Waals surface area contributed by atoms with E-state index >= 15 is 0 Å². The van der Waals surface area contributed by atoms with Crippen LogP contribution in [0.3, 0.4) is 0 Å². The minimum Gasteiger partial charge on any atom is -0.469 e. The molecule has 0 aliphatic heterocycles. The van der Waals surface area contributed by atoms with Crippen LogP contribution in [0.15, 0.2) is 0 Å². The Balaban J connectivity index is 3.28. The lowest BCUT2D eigenvalue weighted by molar-refractivity contribution is -0.140. The summed E-state index contributed by atoms with van der Waals surface area (Å²) in [4.78, 5) is 11.0. The Morgan fingerprint density at radius 2 is 1.22 bits per heavy atom. The molecule has 3 nitrogen and oxygen atoms in total. The van der Waals surface area contributed by atoms with E-state index in [2.05, 4.69) is 11.7 Å². The number of rotatable bonds is 17. The molecule has 0 saturated carbocycles. The van der Waals surface area contributed by atoms with Crippen LogP contribution in [0.5, 0.6) is 0 Å². The zero-order valence-electron chi connectivity index (χ0n) is 15.9. The van der Waals surface area contributed by atoms with E-state index in [0.29, 0.717) is 12.5 Å². The third-order valence-electron chi connectivity index (χ3n) is 4.60. The molecule has 0 aromatic carbocycles. The van der Waals surface area contributed by atoms with Crippen LogP contribution in [0.25, 0.3) is 0 Å². The highest BCUT2D eigenvalue weighted by atomic mass is 16.5. The van der Waals surface area contributed by atoms with Crippen molar-refractivity contribution in [2.24, 2.45) is 0 Å². The van der Waals surface area contributed by atoms with Crippen LogP contribution >= 0.6 is 0 Å². The van der Waals surface area contributed by atoms with Gasteiger partial charge in [0.05, 0.1) is 13.2 Å². The number of ether oxygens (including phenoxy) is 2. The molecule has 0 aromatic rings. The lowest BCUT2D eigenvalue weighted by Crippen LogP contribution is -2.10. The van der Waals surface area contributed by atoms with Crippen molar-refractivity contribution in [1.82, 2.24) is 0 Å². The zero-order chi connectivity index (χ0) is 17.2. The van der Waals surface area contributed by atoms with Crippen LogP contribution in [-0.2, 0) is 14.3 Å². The molecule has 0 aliphatic carbocycles. The molecule has 0 N–H and O–H groups in total. The molecule has 0 bridgehead atoms. The Hall–Kier alpha value is -0.570. The first-order chi connectivity index (χ1) is 11.2. The van der Waals surface area contributed by atoms with Gasteiger partial charge in [-0.15, -0.1) is 0 Å². The Morgan fingerprint density at radius 1 is 0.739 bits per heavy atom. The summed E-state index contributed by atoms with van der Waals surface area (Å²) in [6.45, 7) is 2.26. The summed E-state index contributed by atoms with van der Waals surface area (Å²) in [6, 6.07) is 0. The van der Waals surface area contributed by atoms with Gasteiger partial charge >= 0.3 is 5.97 Å². The van der Waals surface area contributed by atoms with Crippen LogP contribution in [0, 0.1) is 0 Å². The molecule has 0 aromatic heterocycles. The third-order valence-corrected chi connectivity index (χ3v) is 4.60. The second-order valence-corrected chi connectivity index (χ2v) is 6.65. The van der Waals surface area contributed by atoms with Gasteiger partial charge in [0.25, 0.3) is 0 Å². The van der Waals surface area contributed by atoms with E-state index in [0.717, 1.165) is 12.8 Å². The minimum absolute atomic E-state index is 0.0765. The molecule has 0 spiro atoms. The highest BCUT2D eigenvalue weighted by Crippen LogP contribution is 2.16. The largest absolute Gasteiger partial charge is 0.469 e. The van der Waals surface area contributed by atoms with Gasteiger partial charge in [-0.1, -0.05) is 77.6 Å². The summed E-state index contributed by atoms with van der Waals surface area (Å²) in [5.41, 5.74) is 0. The molecule has 138 valence electrons. The summed E-state index contributed by atoms with van der Waals surface area (Å²) in [7, 11) is 3.32. The predicted molar refractivity (Wildman–Crippen MR) is 97.7 cm³/mol. The van der Waals surface area contributed by atoms with Gasteiger partial charge in [-0.05, 0) is 19.3 Å². The van der Waals surface area contributed by atoms with Crippen molar-refractivity contribution in [2.75, 3.05) is 14.2 Å². The number of methoxy groups -OCH3 is 2. The Morgan fingerprint density at radius 3 is 1.70 bits per heavy atom. The number of carbonyl (C=O) groups excluding carboxylic acids is 1. The van der Waals surface area contributed by atoms with E-state index in [1.165, 1.54) is 84.2 Å². The monoisotopic (exact) mass is 328 g/mol. The molecule has 0 heterocycles. The van der Waals surface area contributed by atoms with Crippen LogP contribution in [-0.4, -0.2) is 26.3 Å². The Kier molecular flexibility index (Phi) is 17.3. The highest BCUT2D eigenvalue weighted by Gasteiger charge is 2.06. The van der Waals surface area contributed by atoms with E-state index in [-0.39, 0.29) is 5.97 Å². The SMILES string of the molecule is CCCCCC[C@@H](CCCCCCCCCCC(=O)OC)OC. The van der Waals surface area contributed by atoms with Crippen molar-refractivity contribution < 1.29 is 14.3 Å². The van der Waals surface area contributed by atoms with E-state index in [9.17, 15) is 4.79 Å². The summed E-state index contributed by atoms with van der Waals surface area (Å²) < 4.78 is 10.2. The topological polar surface area (TPSA) is 35.5 Å². The maximum atomic E-state index is 11.0. The van der Waals surface area contributed by atoms with Gasteiger partial charge in [-0.25, -0.2) is 0 Å². The minimum atomic E-state index is -0.0765. The van der Waals surface area contributed by atoms with Crippen molar-refractivity contribution in [3.63, 3.8) is 0 Å². The molecule has 0 fully saturated rings. The third kappa shape index (κ3) is 16.1. The van der Waals surface area contributed by atoms with Gasteiger partial charge in [-0.2, -0.15) is 0 Å². The molecule has 1 atom stereocenters. The quantitative estimate of drug-likeness (QED) is 0.241. The highest BCUT2D eigenvalue weighted by molar-refractivity contribution is 5.68. The Bertz CT molecular complexity index is 253. The molecular weight excluding hydrogens is 288 g/mol. The smallest absolute Gasteiger partial charge is 0.305 e. The van der Waals surface area contributed by atoms with Gasteiger partial charge in [0.15, 0.2) is 0 Å². The van der Waals surface area contributed by atoms with Crippen molar-refractivity contribution in [3.05, 3.63) is 0 Å². The average molecular weight is 329 g/mol. The molecule has 0 radical (unpaired) electrons. The molecular formula is C20H40O3. The molecule has 0 aliphatic rings. The van der Waals surface area contributed by atoms with Gasteiger partial charge in [-0.3, -0.25) is 4.79 Å². The number of unbranched alkanes of at least 4 members (excludes halogenated alkanes) is 10. The second-order valence-electron chi connectivity index (χ2n) is 6.65. The van der Waals surface area contributed by atoms with Crippen molar-refractivity contribution >= 4 is 5.97 Å². The summed E-state index contributed by atoms with van der Waals surface area (Å²) in [5, 5.41) is 0. The van der Waals surface area contributed by atoms with E-state index < -0.39 is 0 Å². The van der Waals surface area contributed by atoms with Crippen LogP contribution in [0.1, 0.15) is 103 Å². The maximum absolute atomic E-state index is 11.0. The average Bonchev–Trinajstić information content (AvgIpc) is 2.57. The van der Waals surface area contributed by atoms with Gasteiger partial charge < -0.3 is 9.47 Å². The summed E-state index contributed by atoms with van der Waals surface area (Å²) >= 11 is 0. The maximum Gasteiger partial charge on any atom is 0.305 e. The summed E-state index contributed by atoms with van der Waals surface area (Å²) in [6.07, 6.45) is 18.8. The molecule has 0 saturated heterocycles. The predicted octanol–water partition coefficient (Wildman–Crippen LogP) is 6.05. The fourth-order valence-electron chi connectivity index (χ4n) is 2.98. The lowest BCUT2D eigenvalue weighted by Gasteiger charge is -2.15. The van der Waals surface area contributed by atoms with Crippen LogP contribution < -0.4 is 0 Å². The first-order valence-corrected chi connectivity index (χ1v) is 9.84. The standard InChI is InChI=1S/C20H40O3/c1-4-5-6-13-16-19(22-2)17-14-11-9-7-8-10-12-15-18-20(21)23-3/h19H,4-18H2,1-3H3/t19-/m0/s1. The molecule has 3 heteroatoms. The van der Waals surface area contributed by atoms with Crippen molar-refractivity contribution in [2.45, 2.75) is 109 Å². The van der Waals surface area contributed by atoms with E-state index in [4.69, 9.17) is 4.74 Å². The zero-order valence-corrected chi connectivity index (χ0v) is 15.9. The number of hydrogen-bond acceptors (Lipinski definition) is 3. The van der Waals surface area contributed by atoms with Crippen LogP contribution in [0.2, 0.25) is 0 Å².